The number of piperazine rings is 1. The van der Waals surface area contributed by atoms with Gasteiger partial charge in [-0.25, -0.2) is 9.18 Å². The number of hydrogen-bond acceptors (Lipinski definition) is 3. The highest BCUT2D eigenvalue weighted by molar-refractivity contribution is 9.10. The van der Waals surface area contributed by atoms with Crippen molar-refractivity contribution in [2.75, 3.05) is 25.0 Å². The SMILES string of the molecule is O=C(Nc1cccc(F)c1)N1CC(=O)N2[C@@H](CO)[C@@H](c3ccc(Br)cc3)[C@@H]2C1. The number of amides is 3. The molecular weight excluding hydrogens is 429 g/mol. The fourth-order valence-corrected chi connectivity index (χ4v) is 4.37. The van der Waals surface area contributed by atoms with Gasteiger partial charge in [0.15, 0.2) is 0 Å². The largest absolute Gasteiger partial charge is 0.394 e. The van der Waals surface area contributed by atoms with Crippen LogP contribution in [0.15, 0.2) is 53.0 Å². The zero-order valence-electron chi connectivity index (χ0n) is 14.9. The van der Waals surface area contributed by atoms with Crippen LogP contribution in [0.3, 0.4) is 0 Å². The highest BCUT2D eigenvalue weighted by Crippen LogP contribution is 2.43. The van der Waals surface area contributed by atoms with Gasteiger partial charge < -0.3 is 20.2 Å². The van der Waals surface area contributed by atoms with Crippen LogP contribution in [-0.4, -0.2) is 58.6 Å². The van der Waals surface area contributed by atoms with Crippen LogP contribution in [0.4, 0.5) is 14.9 Å². The third-order valence-corrected chi connectivity index (χ3v) is 5.90. The molecule has 28 heavy (non-hydrogen) atoms. The second-order valence-corrected chi connectivity index (χ2v) is 7.93. The molecule has 0 spiro atoms. The molecule has 0 saturated carbocycles. The third-order valence-electron chi connectivity index (χ3n) is 5.37. The molecule has 2 heterocycles. The van der Waals surface area contributed by atoms with Crippen LogP contribution >= 0.6 is 15.9 Å². The predicted molar refractivity (Wildman–Crippen MR) is 105 cm³/mol. The van der Waals surface area contributed by atoms with Crippen molar-refractivity contribution in [1.82, 2.24) is 9.80 Å². The van der Waals surface area contributed by atoms with Crippen LogP contribution in [-0.2, 0) is 4.79 Å². The van der Waals surface area contributed by atoms with Crippen molar-refractivity contribution in [2.24, 2.45) is 0 Å². The number of nitrogens with zero attached hydrogens (tertiary/aromatic N) is 2. The van der Waals surface area contributed by atoms with E-state index in [-0.39, 0.29) is 37.1 Å². The van der Waals surface area contributed by atoms with Gasteiger partial charge in [-0.3, -0.25) is 4.79 Å². The zero-order chi connectivity index (χ0) is 19.8. The molecule has 146 valence electrons. The number of fused-ring (bicyclic) bond motifs is 1. The molecule has 3 atom stereocenters. The monoisotopic (exact) mass is 447 g/mol. The topological polar surface area (TPSA) is 72.9 Å². The number of nitrogens with one attached hydrogen (secondary N) is 1. The van der Waals surface area contributed by atoms with Crippen LogP contribution in [0.2, 0.25) is 0 Å². The van der Waals surface area contributed by atoms with Gasteiger partial charge in [-0.05, 0) is 35.9 Å². The molecule has 2 aliphatic rings. The van der Waals surface area contributed by atoms with Crippen LogP contribution in [0.25, 0.3) is 0 Å². The summed E-state index contributed by atoms with van der Waals surface area (Å²) in [6.45, 7) is 0.157. The normalized spacial score (nSPS) is 23.8. The Kier molecular flexibility index (Phi) is 5.07. The van der Waals surface area contributed by atoms with Gasteiger partial charge in [0.25, 0.3) is 0 Å². The molecular formula is C20H19BrFN3O3. The molecule has 2 saturated heterocycles. The lowest BCUT2D eigenvalue weighted by Crippen LogP contribution is -2.73. The predicted octanol–water partition coefficient (Wildman–Crippen LogP) is 2.79. The van der Waals surface area contributed by atoms with E-state index in [1.165, 1.54) is 23.1 Å². The van der Waals surface area contributed by atoms with E-state index in [1.54, 1.807) is 11.0 Å². The Morgan fingerprint density at radius 2 is 2.00 bits per heavy atom. The molecule has 3 amide bonds. The molecule has 0 aliphatic carbocycles. The number of carbonyl (C=O) groups excluding carboxylic acids is 2. The van der Waals surface area contributed by atoms with Crippen molar-refractivity contribution < 1.29 is 19.1 Å². The molecule has 2 fully saturated rings. The van der Waals surface area contributed by atoms with Crippen molar-refractivity contribution >= 4 is 33.6 Å². The lowest BCUT2D eigenvalue weighted by Gasteiger charge is -2.58. The van der Waals surface area contributed by atoms with E-state index in [0.717, 1.165) is 10.0 Å². The van der Waals surface area contributed by atoms with Gasteiger partial charge in [0, 0.05) is 22.6 Å². The Labute approximate surface area is 170 Å². The van der Waals surface area contributed by atoms with Crippen LogP contribution in [0.1, 0.15) is 11.5 Å². The molecule has 0 aromatic heterocycles. The molecule has 2 N–H and O–H groups in total. The summed E-state index contributed by atoms with van der Waals surface area (Å²) in [6, 6.07) is 12.5. The Balaban J connectivity index is 1.52. The number of halogens is 2. The molecule has 0 radical (unpaired) electrons. The van der Waals surface area contributed by atoms with Gasteiger partial charge in [0.1, 0.15) is 12.4 Å². The van der Waals surface area contributed by atoms with Crippen LogP contribution in [0.5, 0.6) is 0 Å². The minimum atomic E-state index is -0.446. The Hall–Kier alpha value is -2.45. The number of aliphatic hydroxyl groups is 1. The Bertz CT molecular complexity index is 908. The maximum atomic E-state index is 13.3. The Morgan fingerprint density at radius 1 is 1.25 bits per heavy atom. The van der Waals surface area contributed by atoms with Crippen LogP contribution < -0.4 is 5.32 Å². The zero-order valence-corrected chi connectivity index (χ0v) is 16.5. The van der Waals surface area contributed by atoms with E-state index < -0.39 is 11.8 Å². The number of carbonyl (C=O) groups is 2. The number of urea groups is 1. The first kappa shape index (κ1) is 18.9. The van der Waals surface area contributed by atoms with E-state index in [1.807, 2.05) is 24.3 Å². The average molecular weight is 448 g/mol. The molecule has 0 unspecified atom stereocenters. The third kappa shape index (κ3) is 3.38. The summed E-state index contributed by atoms with van der Waals surface area (Å²) in [4.78, 5) is 28.3. The van der Waals surface area contributed by atoms with Gasteiger partial charge >= 0.3 is 6.03 Å². The number of benzene rings is 2. The number of hydrogen-bond donors (Lipinski definition) is 2. The fraction of sp³-hybridized carbons (Fsp3) is 0.300. The average Bonchev–Trinajstić information content (AvgIpc) is 2.65. The highest BCUT2D eigenvalue weighted by Gasteiger charge is 2.54. The molecule has 2 aromatic carbocycles. The summed E-state index contributed by atoms with van der Waals surface area (Å²) in [6.07, 6.45) is 0. The van der Waals surface area contributed by atoms with Crippen molar-refractivity contribution in [3.63, 3.8) is 0 Å². The van der Waals surface area contributed by atoms with Crippen molar-refractivity contribution in [3.05, 3.63) is 64.4 Å². The smallest absolute Gasteiger partial charge is 0.322 e. The number of anilines is 1. The second kappa shape index (κ2) is 7.52. The molecule has 2 aliphatic heterocycles. The van der Waals surface area contributed by atoms with Crippen molar-refractivity contribution in [1.29, 1.82) is 0 Å². The molecule has 0 bridgehead atoms. The number of rotatable bonds is 3. The molecule has 6 nitrogen and oxygen atoms in total. The van der Waals surface area contributed by atoms with Crippen molar-refractivity contribution in [3.8, 4) is 0 Å². The summed E-state index contributed by atoms with van der Waals surface area (Å²) >= 11 is 3.41. The minimum absolute atomic E-state index is 0.0492. The number of aliphatic hydroxyl groups excluding tert-OH is 1. The Morgan fingerprint density at radius 3 is 2.68 bits per heavy atom. The summed E-state index contributed by atoms with van der Waals surface area (Å²) in [7, 11) is 0. The van der Waals surface area contributed by atoms with Gasteiger partial charge in [-0.1, -0.05) is 34.1 Å². The summed E-state index contributed by atoms with van der Waals surface area (Å²) < 4.78 is 14.3. The van der Waals surface area contributed by atoms with E-state index in [2.05, 4.69) is 21.2 Å². The lowest BCUT2D eigenvalue weighted by molar-refractivity contribution is -0.159. The summed E-state index contributed by atoms with van der Waals surface area (Å²) in [5.41, 5.74) is 1.36. The first-order chi connectivity index (χ1) is 13.5. The lowest BCUT2D eigenvalue weighted by atomic mass is 9.74. The molecule has 8 heteroatoms. The van der Waals surface area contributed by atoms with E-state index in [4.69, 9.17) is 0 Å². The quantitative estimate of drug-likeness (QED) is 0.759. The van der Waals surface area contributed by atoms with E-state index in [9.17, 15) is 19.1 Å². The first-order valence-corrected chi connectivity index (χ1v) is 9.76. The standard InChI is InChI=1S/C20H19BrFN3O3/c21-13-6-4-12(5-7-13)19-16-9-24(10-18(27)25(16)17(19)11-26)20(28)23-15-3-1-2-14(22)8-15/h1-8,16-17,19,26H,9-11H2,(H,23,28)/t16-,17-,19-/m0/s1. The fourth-order valence-electron chi connectivity index (χ4n) is 4.11. The van der Waals surface area contributed by atoms with Gasteiger partial charge in [-0.15, -0.1) is 0 Å². The van der Waals surface area contributed by atoms with E-state index in [0.29, 0.717) is 12.2 Å². The second-order valence-electron chi connectivity index (χ2n) is 7.02. The van der Waals surface area contributed by atoms with Gasteiger partial charge in [0.2, 0.25) is 5.91 Å². The summed E-state index contributed by atoms with van der Waals surface area (Å²) in [5.74, 6) is -0.691. The maximum absolute atomic E-state index is 13.3. The van der Waals surface area contributed by atoms with Gasteiger partial charge in [0.05, 0.1) is 18.7 Å². The molecule has 4 rings (SSSR count). The van der Waals surface area contributed by atoms with Crippen LogP contribution in [0, 0.1) is 5.82 Å². The van der Waals surface area contributed by atoms with Gasteiger partial charge in [-0.2, -0.15) is 0 Å². The summed E-state index contributed by atoms with van der Waals surface area (Å²) in [5, 5.41) is 12.4. The first-order valence-electron chi connectivity index (χ1n) is 8.97. The van der Waals surface area contributed by atoms with Crippen molar-refractivity contribution in [2.45, 2.75) is 18.0 Å². The molecule has 2 aromatic rings. The minimum Gasteiger partial charge on any atom is -0.394 e. The van der Waals surface area contributed by atoms with E-state index >= 15 is 0 Å². The highest BCUT2D eigenvalue weighted by atomic mass is 79.9. The maximum Gasteiger partial charge on any atom is 0.322 e.